The first-order valence-electron chi connectivity index (χ1n) is 3.10. The summed E-state index contributed by atoms with van der Waals surface area (Å²) < 4.78 is 0. The van der Waals surface area contributed by atoms with E-state index in [-0.39, 0.29) is 6.61 Å². The van der Waals surface area contributed by atoms with Gasteiger partial charge in [0.15, 0.2) is 0 Å². The molecule has 0 radical (unpaired) electrons. The lowest BCUT2D eigenvalue weighted by Gasteiger charge is -2.19. The Bertz CT molecular complexity index is 126. The van der Waals surface area contributed by atoms with Crippen LogP contribution in [0.5, 0.6) is 0 Å². The lowest BCUT2D eigenvalue weighted by molar-refractivity contribution is 0.00359. The van der Waals surface area contributed by atoms with E-state index in [4.69, 9.17) is 16.6 Å². The second-order valence-corrected chi connectivity index (χ2v) is 2.46. The number of hydrogen-bond acceptors (Lipinski definition) is 3. The minimum Gasteiger partial charge on any atom is -0.393 e. The third kappa shape index (κ3) is 4.33. The molecule has 0 saturated heterocycles. The van der Waals surface area contributed by atoms with Crippen LogP contribution in [0, 0.1) is 12.3 Å². The van der Waals surface area contributed by atoms with Gasteiger partial charge in [-0.15, -0.1) is 6.42 Å². The Morgan fingerprint density at radius 1 is 1.70 bits per heavy atom. The van der Waals surface area contributed by atoms with E-state index in [1.54, 1.807) is 0 Å². The van der Waals surface area contributed by atoms with E-state index >= 15 is 0 Å². The van der Waals surface area contributed by atoms with Crippen LogP contribution in [0.4, 0.5) is 0 Å². The molecule has 58 valence electrons. The Morgan fingerprint density at radius 3 is 2.70 bits per heavy atom. The van der Waals surface area contributed by atoms with Gasteiger partial charge in [0.25, 0.3) is 0 Å². The number of nitrogens with one attached hydrogen (secondary N) is 1. The Balaban J connectivity index is 3.39. The summed E-state index contributed by atoms with van der Waals surface area (Å²) in [6.07, 6.45) is 4.94. The van der Waals surface area contributed by atoms with Gasteiger partial charge in [0.2, 0.25) is 0 Å². The highest BCUT2D eigenvalue weighted by molar-refractivity contribution is 4.88. The zero-order valence-electron chi connectivity index (χ0n) is 6.09. The summed E-state index contributed by atoms with van der Waals surface area (Å²) >= 11 is 0. The van der Waals surface area contributed by atoms with Gasteiger partial charge in [-0.1, -0.05) is 5.92 Å². The van der Waals surface area contributed by atoms with E-state index in [2.05, 4.69) is 11.2 Å². The minimum atomic E-state index is -1.06. The Kier molecular flexibility index (Phi) is 4.05. The van der Waals surface area contributed by atoms with Crippen LogP contribution in [0.2, 0.25) is 0 Å². The van der Waals surface area contributed by atoms with Crippen molar-refractivity contribution < 1.29 is 10.2 Å². The highest BCUT2D eigenvalue weighted by Gasteiger charge is 2.17. The molecule has 0 saturated carbocycles. The van der Waals surface area contributed by atoms with Crippen molar-refractivity contribution in [3.63, 3.8) is 0 Å². The van der Waals surface area contributed by atoms with Crippen molar-refractivity contribution >= 4 is 0 Å². The van der Waals surface area contributed by atoms with Gasteiger partial charge >= 0.3 is 0 Å². The average Bonchev–Trinajstić information content (AvgIpc) is 1.89. The largest absolute Gasteiger partial charge is 0.393 e. The molecule has 0 aromatic carbocycles. The number of terminal acetylenes is 1. The predicted octanol–water partition coefficient (Wildman–Crippen LogP) is -1.05. The van der Waals surface area contributed by atoms with Crippen LogP contribution in [0.3, 0.4) is 0 Å². The van der Waals surface area contributed by atoms with Gasteiger partial charge in [0.1, 0.15) is 0 Å². The third-order valence-electron chi connectivity index (χ3n) is 1.07. The molecule has 3 N–H and O–H groups in total. The molecule has 3 heteroatoms. The molecule has 0 aliphatic rings. The second kappa shape index (κ2) is 4.29. The highest BCUT2D eigenvalue weighted by atomic mass is 16.3. The van der Waals surface area contributed by atoms with Crippen LogP contribution in [0.25, 0.3) is 0 Å². The van der Waals surface area contributed by atoms with Crippen molar-refractivity contribution in [2.24, 2.45) is 0 Å². The van der Waals surface area contributed by atoms with Crippen LogP contribution >= 0.6 is 0 Å². The molecule has 0 aromatic heterocycles. The van der Waals surface area contributed by atoms with E-state index in [0.717, 1.165) is 0 Å². The highest BCUT2D eigenvalue weighted by Crippen LogP contribution is 1.97. The molecule has 1 unspecified atom stereocenters. The topological polar surface area (TPSA) is 52.5 Å². The van der Waals surface area contributed by atoms with E-state index in [9.17, 15) is 0 Å². The molecule has 0 heterocycles. The zero-order valence-corrected chi connectivity index (χ0v) is 6.09. The van der Waals surface area contributed by atoms with Crippen LogP contribution < -0.4 is 5.32 Å². The summed E-state index contributed by atoms with van der Waals surface area (Å²) in [6, 6.07) is 0. The molecule has 0 amide bonds. The molecule has 0 spiro atoms. The summed E-state index contributed by atoms with van der Waals surface area (Å²) in [5, 5.41) is 20.5. The third-order valence-corrected chi connectivity index (χ3v) is 1.07. The van der Waals surface area contributed by atoms with Crippen LogP contribution in [-0.4, -0.2) is 35.5 Å². The molecule has 0 aromatic rings. The quantitative estimate of drug-likeness (QED) is 0.348. The molecule has 0 aliphatic heterocycles. The fraction of sp³-hybridized carbons (Fsp3) is 0.714. The van der Waals surface area contributed by atoms with Gasteiger partial charge in [-0.05, 0) is 6.92 Å². The monoisotopic (exact) mass is 143 g/mol. The van der Waals surface area contributed by atoms with Crippen molar-refractivity contribution in [2.45, 2.75) is 12.5 Å². The molecular formula is C7H13NO2. The van der Waals surface area contributed by atoms with E-state index in [0.29, 0.717) is 13.1 Å². The van der Waals surface area contributed by atoms with Crippen molar-refractivity contribution in [2.75, 3.05) is 19.7 Å². The molecule has 10 heavy (non-hydrogen) atoms. The lowest BCUT2D eigenvalue weighted by atomic mass is 10.1. The maximum Gasteiger partial charge on any atom is 0.0973 e. The van der Waals surface area contributed by atoms with Crippen molar-refractivity contribution in [1.29, 1.82) is 0 Å². The van der Waals surface area contributed by atoms with Gasteiger partial charge in [0.05, 0.1) is 18.8 Å². The Morgan fingerprint density at radius 2 is 2.30 bits per heavy atom. The van der Waals surface area contributed by atoms with Crippen molar-refractivity contribution in [1.82, 2.24) is 5.32 Å². The van der Waals surface area contributed by atoms with Crippen molar-refractivity contribution in [3.8, 4) is 12.3 Å². The molecular weight excluding hydrogens is 130 g/mol. The molecule has 0 aliphatic carbocycles. The van der Waals surface area contributed by atoms with Gasteiger partial charge in [-0.25, -0.2) is 0 Å². The molecule has 0 fully saturated rings. The Labute approximate surface area is 61.1 Å². The van der Waals surface area contributed by atoms with Crippen LogP contribution in [0.15, 0.2) is 0 Å². The minimum absolute atomic E-state index is 0.259. The second-order valence-electron chi connectivity index (χ2n) is 2.46. The maximum atomic E-state index is 9.17. The first-order chi connectivity index (χ1) is 4.62. The first-order valence-corrected chi connectivity index (χ1v) is 3.10. The molecule has 1 atom stereocenters. The van der Waals surface area contributed by atoms with Crippen LogP contribution in [0.1, 0.15) is 6.92 Å². The molecule has 0 bridgehead atoms. The number of hydrogen-bond donors (Lipinski definition) is 3. The molecule has 3 nitrogen and oxygen atoms in total. The molecule has 0 rings (SSSR count). The van der Waals surface area contributed by atoms with Gasteiger partial charge in [-0.2, -0.15) is 0 Å². The summed E-state index contributed by atoms with van der Waals surface area (Å²) in [4.78, 5) is 0. The predicted molar refractivity (Wildman–Crippen MR) is 39.4 cm³/mol. The fourth-order valence-corrected chi connectivity index (χ4v) is 0.460. The van der Waals surface area contributed by atoms with E-state index in [1.807, 2.05) is 0 Å². The van der Waals surface area contributed by atoms with E-state index < -0.39 is 5.60 Å². The summed E-state index contributed by atoms with van der Waals surface area (Å²) in [5.41, 5.74) is -1.06. The standard InChI is InChI=1S/C7H13NO2/c1-3-4-8-5-7(2,10)6-9/h1,8-10H,4-6H2,2H3. The van der Waals surface area contributed by atoms with Gasteiger partial charge in [0, 0.05) is 6.54 Å². The number of aliphatic hydroxyl groups excluding tert-OH is 1. The summed E-state index contributed by atoms with van der Waals surface area (Å²) in [7, 11) is 0. The first kappa shape index (κ1) is 9.44. The summed E-state index contributed by atoms with van der Waals surface area (Å²) in [5.74, 6) is 2.36. The van der Waals surface area contributed by atoms with E-state index in [1.165, 1.54) is 6.92 Å². The smallest absolute Gasteiger partial charge is 0.0973 e. The average molecular weight is 143 g/mol. The van der Waals surface area contributed by atoms with Gasteiger partial charge in [-0.3, -0.25) is 0 Å². The van der Waals surface area contributed by atoms with Gasteiger partial charge < -0.3 is 15.5 Å². The van der Waals surface area contributed by atoms with Crippen LogP contribution in [-0.2, 0) is 0 Å². The fourth-order valence-electron chi connectivity index (χ4n) is 0.460. The lowest BCUT2D eigenvalue weighted by Crippen LogP contribution is -2.41. The number of aliphatic hydroxyl groups is 2. The summed E-state index contributed by atoms with van der Waals surface area (Å²) in [6.45, 7) is 2.00. The SMILES string of the molecule is C#CCNCC(C)(O)CO. The number of rotatable bonds is 4. The maximum absolute atomic E-state index is 9.17. The Hall–Kier alpha value is -0.560. The van der Waals surface area contributed by atoms with Crippen molar-refractivity contribution in [3.05, 3.63) is 0 Å². The zero-order chi connectivity index (χ0) is 8.04. The normalized spacial score (nSPS) is 15.8.